The summed E-state index contributed by atoms with van der Waals surface area (Å²) in [5.41, 5.74) is 3.12. The molecule has 6 nitrogen and oxygen atoms in total. The van der Waals surface area contributed by atoms with E-state index in [0.717, 1.165) is 11.1 Å². The van der Waals surface area contributed by atoms with Crippen molar-refractivity contribution in [2.75, 3.05) is 0 Å². The Morgan fingerprint density at radius 2 is 1.83 bits per heavy atom. The molecule has 0 aliphatic rings. The zero-order valence-electron chi connectivity index (χ0n) is 13.7. The van der Waals surface area contributed by atoms with Crippen LogP contribution in [0.15, 0.2) is 54.6 Å². The summed E-state index contributed by atoms with van der Waals surface area (Å²) in [6, 6.07) is 17.1. The lowest BCUT2D eigenvalue weighted by molar-refractivity contribution is -0.124. The van der Waals surface area contributed by atoms with E-state index in [-0.39, 0.29) is 5.91 Å². The minimum Gasteiger partial charge on any atom is -0.350 e. The van der Waals surface area contributed by atoms with Gasteiger partial charge in [-0.1, -0.05) is 60.2 Å². The van der Waals surface area contributed by atoms with Gasteiger partial charge in [-0.05, 0) is 24.6 Å². The maximum absolute atomic E-state index is 12.3. The molecular weight excluding hydrogens is 302 g/mol. The van der Waals surface area contributed by atoms with Gasteiger partial charge < -0.3 is 5.32 Å². The third kappa shape index (κ3) is 3.65. The number of amides is 1. The predicted molar refractivity (Wildman–Crippen MR) is 91.0 cm³/mol. The van der Waals surface area contributed by atoms with Gasteiger partial charge in [0.2, 0.25) is 11.7 Å². The minimum absolute atomic E-state index is 0.146. The molecule has 122 valence electrons. The van der Waals surface area contributed by atoms with E-state index in [1.54, 1.807) is 6.92 Å². The van der Waals surface area contributed by atoms with Gasteiger partial charge in [-0.3, -0.25) is 4.79 Å². The van der Waals surface area contributed by atoms with E-state index < -0.39 is 6.04 Å². The van der Waals surface area contributed by atoms with E-state index in [1.807, 2.05) is 61.5 Å². The molecule has 0 aliphatic carbocycles. The van der Waals surface area contributed by atoms with Crippen molar-refractivity contribution in [3.8, 4) is 11.4 Å². The first-order valence-corrected chi connectivity index (χ1v) is 7.81. The quantitative estimate of drug-likeness (QED) is 0.784. The van der Waals surface area contributed by atoms with Gasteiger partial charge in [-0.2, -0.15) is 4.80 Å². The molecule has 0 spiro atoms. The van der Waals surface area contributed by atoms with Gasteiger partial charge in [0.1, 0.15) is 6.04 Å². The van der Waals surface area contributed by atoms with Crippen LogP contribution in [-0.2, 0) is 11.3 Å². The molecular formula is C18H19N5O. The fraction of sp³-hybridized carbons (Fsp3) is 0.222. The summed E-state index contributed by atoms with van der Waals surface area (Å²) in [5.74, 6) is 0.362. The van der Waals surface area contributed by atoms with Gasteiger partial charge in [0.25, 0.3) is 0 Å². The molecule has 1 atom stereocenters. The molecule has 1 N–H and O–H groups in total. The van der Waals surface area contributed by atoms with Crippen LogP contribution in [0, 0.1) is 6.92 Å². The Morgan fingerprint density at radius 1 is 1.12 bits per heavy atom. The number of carbonyl (C=O) groups is 1. The second-order valence-corrected chi connectivity index (χ2v) is 5.68. The third-order valence-corrected chi connectivity index (χ3v) is 3.77. The van der Waals surface area contributed by atoms with Crippen LogP contribution in [-0.4, -0.2) is 26.1 Å². The first-order valence-electron chi connectivity index (χ1n) is 7.81. The van der Waals surface area contributed by atoms with Crippen molar-refractivity contribution in [3.63, 3.8) is 0 Å². The number of nitrogens with zero attached hydrogens (tertiary/aromatic N) is 4. The standard InChI is InChI=1S/C18H19N5O/c1-13-8-10-15(11-9-13)12-19-18(24)14(2)23-21-17(20-22-23)16-6-4-3-5-7-16/h3-11,14H,12H2,1-2H3,(H,19,24)/t14-/m0/s1. The predicted octanol–water partition coefficient (Wildman–Crippen LogP) is 2.53. The number of tetrazole rings is 1. The molecule has 2 aromatic carbocycles. The molecule has 0 radical (unpaired) electrons. The zero-order chi connectivity index (χ0) is 16.9. The number of aryl methyl sites for hydroxylation is 1. The van der Waals surface area contributed by atoms with E-state index in [0.29, 0.717) is 12.4 Å². The van der Waals surface area contributed by atoms with Gasteiger partial charge in [0.15, 0.2) is 0 Å². The largest absolute Gasteiger partial charge is 0.350 e. The fourth-order valence-electron chi connectivity index (χ4n) is 2.24. The van der Waals surface area contributed by atoms with E-state index in [1.165, 1.54) is 10.4 Å². The highest BCUT2D eigenvalue weighted by Gasteiger charge is 2.18. The van der Waals surface area contributed by atoms with Crippen molar-refractivity contribution in [2.45, 2.75) is 26.4 Å². The van der Waals surface area contributed by atoms with Crippen molar-refractivity contribution in [1.82, 2.24) is 25.5 Å². The van der Waals surface area contributed by atoms with Gasteiger partial charge in [0, 0.05) is 12.1 Å². The number of hydrogen-bond donors (Lipinski definition) is 1. The van der Waals surface area contributed by atoms with Crippen LogP contribution in [0.4, 0.5) is 0 Å². The van der Waals surface area contributed by atoms with Crippen molar-refractivity contribution >= 4 is 5.91 Å². The van der Waals surface area contributed by atoms with Crippen LogP contribution >= 0.6 is 0 Å². The van der Waals surface area contributed by atoms with Crippen LogP contribution in [0.5, 0.6) is 0 Å². The molecule has 1 aromatic heterocycles. The Morgan fingerprint density at radius 3 is 2.54 bits per heavy atom. The van der Waals surface area contributed by atoms with Crippen molar-refractivity contribution in [1.29, 1.82) is 0 Å². The summed E-state index contributed by atoms with van der Waals surface area (Å²) in [6.45, 7) is 4.26. The fourth-order valence-corrected chi connectivity index (χ4v) is 2.24. The maximum atomic E-state index is 12.3. The Balaban J connectivity index is 1.63. The lowest BCUT2D eigenvalue weighted by Gasteiger charge is -2.11. The van der Waals surface area contributed by atoms with Crippen LogP contribution in [0.2, 0.25) is 0 Å². The van der Waals surface area contributed by atoms with E-state index >= 15 is 0 Å². The first-order chi connectivity index (χ1) is 11.6. The molecule has 1 heterocycles. The van der Waals surface area contributed by atoms with Gasteiger partial charge in [-0.25, -0.2) is 0 Å². The van der Waals surface area contributed by atoms with Crippen LogP contribution < -0.4 is 5.32 Å². The maximum Gasteiger partial charge on any atom is 0.246 e. The molecule has 3 rings (SSSR count). The Kier molecular flexibility index (Phi) is 4.65. The Hall–Kier alpha value is -3.02. The Bertz CT molecular complexity index is 811. The molecule has 0 bridgehead atoms. The van der Waals surface area contributed by atoms with E-state index in [2.05, 4.69) is 20.7 Å². The van der Waals surface area contributed by atoms with Gasteiger partial charge in [0.05, 0.1) is 0 Å². The monoisotopic (exact) mass is 321 g/mol. The number of aromatic nitrogens is 4. The second-order valence-electron chi connectivity index (χ2n) is 5.68. The topological polar surface area (TPSA) is 72.7 Å². The average molecular weight is 321 g/mol. The number of hydrogen-bond acceptors (Lipinski definition) is 4. The molecule has 0 saturated heterocycles. The molecule has 0 unspecified atom stereocenters. The van der Waals surface area contributed by atoms with Crippen LogP contribution in [0.3, 0.4) is 0 Å². The lowest BCUT2D eigenvalue weighted by Crippen LogP contribution is -2.31. The highest BCUT2D eigenvalue weighted by Crippen LogP contribution is 2.13. The van der Waals surface area contributed by atoms with E-state index in [4.69, 9.17) is 0 Å². The highest BCUT2D eigenvalue weighted by molar-refractivity contribution is 5.79. The molecule has 0 aliphatic heterocycles. The molecule has 1 amide bonds. The van der Waals surface area contributed by atoms with E-state index in [9.17, 15) is 4.79 Å². The van der Waals surface area contributed by atoms with Gasteiger partial charge in [-0.15, -0.1) is 10.2 Å². The minimum atomic E-state index is -0.527. The molecule has 0 saturated carbocycles. The summed E-state index contributed by atoms with van der Waals surface area (Å²) in [7, 11) is 0. The number of nitrogens with one attached hydrogen (secondary N) is 1. The number of carbonyl (C=O) groups excluding carboxylic acids is 1. The molecule has 24 heavy (non-hydrogen) atoms. The second kappa shape index (κ2) is 7.04. The third-order valence-electron chi connectivity index (χ3n) is 3.77. The average Bonchev–Trinajstić information content (AvgIpc) is 3.11. The normalized spacial score (nSPS) is 11.9. The van der Waals surface area contributed by atoms with Crippen LogP contribution in [0.1, 0.15) is 24.1 Å². The first kappa shape index (κ1) is 15.9. The highest BCUT2D eigenvalue weighted by atomic mass is 16.2. The summed E-state index contributed by atoms with van der Waals surface area (Å²) in [6.07, 6.45) is 0. The summed E-state index contributed by atoms with van der Waals surface area (Å²) in [5, 5.41) is 15.2. The van der Waals surface area contributed by atoms with Crippen molar-refractivity contribution in [3.05, 3.63) is 65.7 Å². The van der Waals surface area contributed by atoms with Crippen LogP contribution in [0.25, 0.3) is 11.4 Å². The molecule has 6 heteroatoms. The lowest BCUT2D eigenvalue weighted by atomic mass is 10.1. The SMILES string of the molecule is Cc1ccc(CNC(=O)[C@H](C)n2nnc(-c3ccccc3)n2)cc1. The zero-order valence-corrected chi connectivity index (χ0v) is 13.7. The van der Waals surface area contributed by atoms with Crippen molar-refractivity contribution in [2.24, 2.45) is 0 Å². The smallest absolute Gasteiger partial charge is 0.246 e. The summed E-state index contributed by atoms with van der Waals surface area (Å²) < 4.78 is 0. The summed E-state index contributed by atoms with van der Waals surface area (Å²) in [4.78, 5) is 13.6. The Labute approximate surface area is 140 Å². The van der Waals surface area contributed by atoms with Gasteiger partial charge >= 0.3 is 0 Å². The van der Waals surface area contributed by atoms with Crippen molar-refractivity contribution < 1.29 is 4.79 Å². The summed E-state index contributed by atoms with van der Waals surface area (Å²) >= 11 is 0. The molecule has 3 aromatic rings. The number of benzene rings is 2. The number of rotatable bonds is 5. The molecule has 0 fully saturated rings.